The molecule has 7 nitrogen and oxygen atoms in total. The number of aromatic nitrogens is 1. The van der Waals surface area contributed by atoms with Gasteiger partial charge in [-0.2, -0.15) is 0 Å². The van der Waals surface area contributed by atoms with Gasteiger partial charge in [0.05, 0.1) is 13.2 Å². The highest BCUT2D eigenvalue weighted by atomic mass is 19.1. The highest BCUT2D eigenvalue weighted by Crippen LogP contribution is 2.19. The molecule has 2 fully saturated rings. The molecule has 0 aliphatic carbocycles. The third kappa shape index (κ3) is 4.81. The Hall–Kier alpha value is -2.87. The number of pyridine rings is 1. The van der Waals surface area contributed by atoms with Gasteiger partial charge in [-0.3, -0.25) is 4.99 Å². The molecule has 2 aliphatic heterocycles. The smallest absolute Gasteiger partial charge is 0.194 e. The van der Waals surface area contributed by atoms with Crippen molar-refractivity contribution in [3.63, 3.8) is 0 Å². The maximum atomic E-state index is 13.2. The number of hydrogen-bond acceptors (Lipinski definition) is 5. The molecule has 1 aromatic carbocycles. The summed E-state index contributed by atoms with van der Waals surface area (Å²) in [6.07, 6.45) is 1.85. The third-order valence-corrected chi connectivity index (χ3v) is 5.60. The normalized spacial score (nSPS) is 17.9. The minimum atomic E-state index is -0.200. The largest absolute Gasteiger partial charge is 0.378 e. The average molecular weight is 413 g/mol. The van der Waals surface area contributed by atoms with E-state index < -0.39 is 0 Å². The van der Waals surface area contributed by atoms with Gasteiger partial charge in [-0.05, 0) is 30.3 Å². The Kier molecular flexibility index (Phi) is 6.63. The number of halogens is 1. The van der Waals surface area contributed by atoms with Crippen molar-refractivity contribution in [1.29, 1.82) is 0 Å². The van der Waals surface area contributed by atoms with Crippen LogP contribution >= 0.6 is 0 Å². The number of ether oxygens (including phenoxy) is 1. The first-order chi connectivity index (χ1) is 14.7. The van der Waals surface area contributed by atoms with Gasteiger partial charge >= 0.3 is 0 Å². The number of rotatable bonds is 4. The summed E-state index contributed by atoms with van der Waals surface area (Å²) in [6, 6.07) is 10.8. The predicted molar refractivity (Wildman–Crippen MR) is 118 cm³/mol. The van der Waals surface area contributed by atoms with E-state index in [0.717, 1.165) is 75.5 Å². The molecule has 30 heavy (non-hydrogen) atoms. The van der Waals surface area contributed by atoms with Gasteiger partial charge in [-0.15, -0.1) is 0 Å². The Morgan fingerprint density at radius 3 is 2.47 bits per heavy atom. The lowest BCUT2D eigenvalue weighted by Gasteiger charge is -2.37. The van der Waals surface area contributed by atoms with Crippen LogP contribution in [0.4, 0.5) is 15.9 Å². The van der Waals surface area contributed by atoms with Gasteiger partial charge in [0.1, 0.15) is 11.6 Å². The maximum absolute atomic E-state index is 13.2. The van der Waals surface area contributed by atoms with Crippen LogP contribution in [-0.4, -0.2) is 75.4 Å². The first-order valence-corrected chi connectivity index (χ1v) is 10.5. The summed E-state index contributed by atoms with van der Waals surface area (Å²) in [5, 5.41) is 3.51. The fraction of sp³-hybridized carbons (Fsp3) is 0.455. The summed E-state index contributed by atoms with van der Waals surface area (Å²) >= 11 is 0. The highest BCUT2D eigenvalue weighted by molar-refractivity contribution is 5.80. The van der Waals surface area contributed by atoms with Crippen LogP contribution in [0.25, 0.3) is 0 Å². The van der Waals surface area contributed by atoms with E-state index in [4.69, 9.17) is 4.74 Å². The summed E-state index contributed by atoms with van der Waals surface area (Å²) in [5.41, 5.74) is 2.22. The molecule has 0 saturated carbocycles. The van der Waals surface area contributed by atoms with E-state index in [1.807, 2.05) is 31.4 Å². The monoisotopic (exact) mass is 412 g/mol. The number of morpholine rings is 1. The van der Waals surface area contributed by atoms with E-state index in [1.165, 1.54) is 12.1 Å². The lowest BCUT2D eigenvalue weighted by atomic mass is 10.2. The first-order valence-electron chi connectivity index (χ1n) is 10.5. The van der Waals surface area contributed by atoms with E-state index in [2.05, 4.69) is 36.1 Å². The zero-order chi connectivity index (χ0) is 20.8. The molecule has 1 N–H and O–H groups in total. The molecule has 8 heteroatoms. The Bertz CT molecular complexity index is 845. The number of guanidine groups is 1. The van der Waals surface area contributed by atoms with E-state index in [-0.39, 0.29) is 5.82 Å². The number of hydrogen-bond donors (Lipinski definition) is 1. The molecule has 160 valence electrons. The maximum Gasteiger partial charge on any atom is 0.194 e. The molecule has 1 aromatic heterocycles. The minimum Gasteiger partial charge on any atom is -0.378 e. The van der Waals surface area contributed by atoms with Crippen molar-refractivity contribution < 1.29 is 9.13 Å². The second-order valence-electron chi connectivity index (χ2n) is 7.44. The Labute approximate surface area is 177 Å². The molecule has 0 atom stereocenters. The molecule has 0 spiro atoms. The van der Waals surface area contributed by atoms with Crippen molar-refractivity contribution in [2.24, 2.45) is 4.99 Å². The SMILES string of the molecule is CN=C(NCc1cccnc1N1CCOCC1)N1CCN(c2ccc(F)cc2)CC1. The molecule has 3 heterocycles. The topological polar surface area (TPSA) is 56.2 Å². The van der Waals surface area contributed by atoms with Gasteiger partial charge in [0.2, 0.25) is 0 Å². The number of piperazine rings is 1. The number of nitrogens with zero attached hydrogens (tertiary/aromatic N) is 5. The number of benzene rings is 1. The quantitative estimate of drug-likeness (QED) is 0.612. The molecular weight excluding hydrogens is 383 g/mol. The highest BCUT2D eigenvalue weighted by Gasteiger charge is 2.21. The Morgan fingerprint density at radius 2 is 1.77 bits per heavy atom. The summed E-state index contributed by atoms with van der Waals surface area (Å²) in [7, 11) is 1.82. The lowest BCUT2D eigenvalue weighted by Crippen LogP contribution is -2.52. The van der Waals surface area contributed by atoms with E-state index in [1.54, 1.807) is 0 Å². The van der Waals surface area contributed by atoms with Gasteiger partial charge in [-0.25, -0.2) is 9.37 Å². The van der Waals surface area contributed by atoms with Gasteiger partial charge in [0.25, 0.3) is 0 Å². The molecule has 2 aromatic rings. The molecule has 4 rings (SSSR count). The third-order valence-electron chi connectivity index (χ3n) is 5.60. The summed E-state index contributed by atoms with van der Waals surface area (Å²) < 4.78 is 18.6. The molecule has 2 aliphatic rings. The van der Waals surface area contributed by atoms with Crippen LogP contribution in [0.15, 0.2) is 47.6 Å². The molecule has 0 amide bonds. The van der Waals surface area contributed by atoms with Crippen LogP contribution in [0.1, 0.15) is 5.56 Å². The number of anilines is 2. The van der Waals surface area contributed by atoms with Crippen molar-refractivity contribution in [3.8, 4) is 0 Å². The zero-order valence-electron chi connectivity index (χ0n) is 17.4. The van der Waals surface area contributed by atoms with E-state index in [9.17, 15) is 4.39 Å². The fourth-order valence-corrected chi connectivity index (χ4v) is 3.96. The van der Waals surface area contributed by atoms with Crippen LogP contribution < -0.4 is 15.1 Å². The van der Waals surface area contributed by atoms with Gasteiger partial charge in [0, 0.05) is 70.3 Å². The van der Waals surface area contributed by atoms with Crippen LogP contribution in [0.3, 0.4) is 0 Å². The second kappa shape index (κ2) is 9.75. The van der Waals surface area contributed by atoms with Crippen molar-refractivity contribution >= 4 is 17.5 Å². The molecule has 2 saturated heterocycles. The summed E-state index contributed by atoms with van der Waals surface area (Å²) in [5.74, 6) is 1.71. The molecule has 0 bridgehead atoms. The fourth-order valence-electron chi connectivity index (χ4n) is 3.96. The molecule has 0 radical (unpaired) electrons. The van der Waals surface area contributed by atoms with Crippen molar-refractivity contribution in [3.05, 3.63) is 54.0 Å². The summed E-state index contributed by atoms with van der Waals surface area (Å²) in [4.78, 5) is 15.9. The number of aliphatic imine (C=N–C) groups is 1. The van der Waals surface area contributed by atoms with Crippen LogP contribution in [-0.2, 0) is 11.3 Å². The Morgan fingerprint density at radius 1 is 1.03 bits per heavy atom. The van der Waals surface area contributed by atoms with Crippen molar-refractivity contribution in [2.75, 3.05) is 69.3 Å². The van der Waals surface area contributed by atoms with Crippen LogP contribution in [0, 0.1) is 5.82 Å². The standard InChI is InChI=1S/C22H29FN6O/c1-24-22(29-11-9-27(10-12-29)20-6-4-19(23)5-7-20)26-17-18-3-2-8-25-21(18)28-13-15-30-16-14-28/h2-8H,9-17H2,1H3,(H,24,26). The molecule has 0 unspecified atom stereocenters. The predicted octanol–water partition coefficient (Wildman–Crippen LogP) is 1.95. The average Bonchev–Trinajstić information content (AvgIpc) is 2.81. The van der Waals surface area contributed by atoms with Crippen LogP contribution in [0.5, 0.6) is 0 Å². The van der Waals surface area contributed by atoms with Gasteiger partial charge in [-0.1, -0.05) is 6.07 Å². The first kappa shape index (κ1) is 20.4. The Balaban J connectivity index is 1.34. The molecular formula is C22H29FN6O. The lowest BCUT2D eigenvalue weighted by molar-refractivity contribution is 0.122. The van der Waals surface area contributed by atoms with E-state index >= 15 is 0 Å². The van der Waals surface area contributed by atoms with Gasteiger partial charge < -0.3 is 24.8 Å². The van der Waals surface area contributed by atoms with Crippen molar-refractivity contribution in [1.82, 2.24) is 15.2 Å². The van der Waals surface area contributed by atoms with Crippen LogP contribution in [0.2, 0.25) is 0 Å². The number of nitrogens with one attached hydrogen (secondary N) is 1. The van der Waals surface area contributed by atoms with Gasteiger partial charge in [0.15, 0.2) is 5.96 Å². The second-order valence-corrected chi connectivity index (χ2v) is 7.44. The summed E-state index contributed by atoms with van der Waals surface area (Å²) in [6.45, 7) is 7.35. The zero-order valence-corrected chi connectivity index (χ0v) is 17.4. The van der Waals surface area contributed by atoms with Crippen molar-refractivity contribution in [2.45, 2.75) is 6.54 Å². The minimum absolute atomic E-state index is 0.200. The van der Waals surface area contributed by atoms with E-state index in [0.29, 0.717) is 6.54 Å².